The van der Waals surface area contributed by atoms with Crippen LogP contribution in [-0.2, 0) is 0 Å². The van der Waals surface area contributed by atoms with E-state index in [4.69, 9.17) is 4.74 Å². The fraction of sp³-hybridized carbons (Fsp3) is 0.111. The number of hydrogen-bond acceptors (Lipinski definition) is 2. The van der Waals surface area contributed by atoms with Gasteiger partial charge in [0.1, 0.15) is 12.5 Å². The number of ether oxygens (including phenoxy) is 1. The van der Waals surface area contributed by atoms with E-state index in [1.54, 1.807) is 0 Å². The summed E-state index contributed by atoms with van der Waals surface area (Å²) in [7, 11) is 0. The first-order valence-electron chi connectivity index (χ1n) is 6.86. The molecule has 0 saturated carbocycles. The van der Waals surface area contributed by atoms with Crippen LogP contribution in [0.3, 0.4) is 0 Å². The van der Waals surface area contributed by atoms with E-state index in [0.29, 0.717) is 6.73 Å². The second kappa shape index (κ2) is 4.66. The van der Waals surface area contributed by atoms with E-state index >= 15 is 0 Å². The van der Waals surface area contributed by atoms with Crippen LogP contribution in [0.15, 0.2) is 66.7 Å². The first-order chi connectivity index (χ1) is 9.93. The van der Waals surface area contributed by atoms with Gasteiger partial charge in [0.05, 0.1) is 6.04 Å². The number of benzene rings is 3. The number of hydrogen-bond donors (Lipinski definition) is 1. The average molecular weight is 261 g/mol. The first kappa shape index (κ1) is 11.5. The zero-order chi connectivity index (χ0) is 13.4. The molecule has 2 nitrogen and oxygen atoms in total. The molecule has 0 bridgehead atoms. The minimum Gasteiger partial charge on any atom is -0.478 e. The Morgan fingerprint density at radius 3 is 2.55 bits per heavy atom. The van der Waals surface area contributed by atoms with Crippen LogP contribution in [0.4, 0.5) is 0 Å². The smallest absolute Gasteiger partial charge is 0.140 e. The Bertz CT molecular complexity index is 752. The van der Waals surface area contributed by atoms with Crippen molar-refractivity contribution in [3.05, 3.63) is 77.9 Å². The molecule has 4 rings (SSSR count). The van der Waals surface area contributed by atoms with Gasteiger partial charge in [-0.1, -0.05) is 60.7 Å². The number of fused-ring (bicyclic) bond motifs is 3. The van der Waals surface area contributed by atoms with E-state index in [-0.39, 0.29) is 6.04 Å². The maximum atomic E-state index is 5.77. The van der Waals surface area contributed by atoms with E-state index in [9.17, 15) is 0 Å². The van der Waals surface area contributed by atoms with Crippen LogP contribution in [0.2, 0.25) is 0 Å². The molecule has 0 aromatic heterocycles. The van der Waals surface area contributed by atoms with Crippen molar-refractivity contribution in [1.82, 2.24) is 5.32 Å². The zero-order valence-corrected chi connectivity index (χ0v) is 11.0. The molecule has 1 aliphatic rings. The largest absolute Gasteiger partial charge is 0.478 e. The lowest BCUT2D eigenvalue weighted by Crippen LogP contribution is -2.31. The van der Waals surface area contributed by atoms with Gasteiger partial charge in [0.25, 0.3) is 0 Å². The first-order valence-corrected chi connectivity index (χ1v) is 6.86. The van der Waals surface area contributed by atoms with Gasteiger partial charge in [-0.15, -0.1) is 0 Å². The minimum atomic E-state index is 0.186. The van der Waals surface area contributed by atoms with Crippen molar-refractivity contribution in [3.63, 3.8) is 0 Å². The molecule has 1 heterocycles. The number of rotatable bonds is 1. The molecule has 20 heavy (non-hydrogen) atoms. The Hall–Kier alpha value is -2.32. The molecule has 1 N–H and O–H groups in total. The second-order valence-corrected chi connectivity index (χ2v) is 5.04. The van der Waals surface area contributed by atoms with E-state index in [1.165, 1.54) is 21.9 Å². The second-order valence-electron chi connectivity index (χ2n) is 5.04. The molecule has 1 unspecified atom stereocenters. The van der Waals surface area contributed by atoms with Gasteiger partial charge in [-0.3, -0.25) is 5.32 Å². The summed E-state index contributed by atoms with van der Waals surface area (Å²) in [6.07, 6.45) is 0. The highest BCUT2D eigenvalue weighted by Gasteiger charge is 2.24. The Labute approximate surface area is 118 Å². The molecule has 0 radical (unpaired) electrons. The van der Waals surface area contributed by atoms with E-state index in [0.717, 1.165) is 5.75 Å². The molecule has 98 valence electrons. The lowest BCUT2D eigenvalue weighted by Gasteiger charge is -2.29. The van der Waals surface area contributed by atoms with Crippen molar-refractivity contribution >= 4 is 10.8 Å². The molecule has 3 aromatic rings. The van der Waals surface area contributed by atoms with Gasteiger partial charge in [-0.2, -0.15) is 0 Å². The predicted molar refractivity (Wildman–Crippen MR) is 80.9 cm³/mol. The van der Waals surface area contributed by atoms with Gasteiger partial charge in [-0.05, 0) is 22.4 Å². The highest BCUT2D eigenvalue weighted by Crippen LogP contribution is 2.38. The van der Waals surface area contributed by atoms with Crippen LogP contribution in [0, 0.1) is 0 Å². The Morgan fingerprint density at radius 1 is 0.850 bits per heavy atom. The van der Waals surface area contributed by atoms with Crippen LogP contribution >= 0.6 is 0 Å². The van der Waals surface area contributed by atoms with Gasteiger partial charge in [-0.25, -0.2) is 0 Å². The summed E-state index contributed by atoms with van der Waals surface area (Å²) in [6, 6.07) is 23.4. The predicted octanol–water partition coefficient (Wildman–Crippen LogP) is 3.87. The molecule has 2 heteroatoms. The van der Waals surface area contributed by atoms with E-state index < -0.39 is 0 Å². The third kappa shape index (κ3) is 1.77. The molecule has 0 amide bonds. The van der Waals surface area contributed by atoms with Crippen LogP contribution in [0.25, 0.3) is 10.8 Å². The number of nitrogens with one attached hydrogen (secondary N) is 1. The zero-order valence-electron chi connectivity index (χ0n) is 11.0. The lowest BCUT2D eigenvalue weighted by molar-refractivity contribution is 0.244. The third-order valence-electron chi connectivity index (χ3n) is 3.87. The molecule has 3 aromatic carbocycles. The lowest BCUT2D eigenvalue weighted by atomic mass is 9.92. The molecule has 1 atom stereocenters. The fourth-order valence-corrected chi connectivity index (χ4v) is 2.93. The highest BCUT2D eigenvalue weighted by molar-refractivity contribution is 5.88. The van der Waals surface area contributed by atoms with Crippen LogP contribution in [0.1, 0.15) is 17.2 Å². The van der Waals surface area contributed by atoms with Gasteiger partial charge in [0.2, 0.25) is 0 Å². The van der Waals surface area contributed by atoms with Crippen molar-refractivity contribution in [1.29, 1.82) is 0 Å². The van der Waals surface area contributed by atoms with Gasteiger partial charge in [0.15, 0.2) is 0 Å². The highest BCUT2D eigenvalue weighted by atomic mass is 16.5. The van der Waals surface area contributed by atoms with Crippen molar-refractivity contribution in [3.8, 4) is 5.75 Å². The molecular formula is C18H15NO. The monoisotopic (exact) mass is 261 g/mol. The normalized spacial score (nSPS) is 17.5. The van der Waals surface area contributed by atoms with Gasteiger partial charge < -0.3 is 4.74 Å². The maximum Gasteiger partial charge on any atom is 0.140 e. The molecule has 0 spiro atoms. The summed E-state index contributed by atoms with van der Waals surface area (Å²) in [5.41, 5.74) is 2.51. The molecule has 0 aliphatic carbocycles. The van der Waals surface area contributed by atoms with E-state index in [2.05, 4.69) is 66.0 Å². The van der Waals surface area contributed by atoms with Crippen molar-refractivity contribution < 1.29 is 4.74 Å². The summed E-state index contributed by atoms with van der Waals surface area (Å²) in [5.74, 6) is 0.983. The molecule has 0 saturated heterocycles. The topological polar surface area (TPSA) is 21.3 Å². The average Bonchev–Trinajstić information content (AvgIpc) is 2.55. The van der Waals surface area contributed by atoms with Crippen molar-refractivity contribution in [2.24, 2.45) is 0 Å². The fourth-order valence-electron chi connectivity index (χ4n) is 2.93. The minimum absolute atomic E-state index is 0.186. The summed E-state index contributed by atoms with van der Waals surface area (Å²) in [4.78, 5) is 0. The van der Waals surface area contributed by atoms with Crippen LogP contribution in [0.5, 0.6) is 5.75 Å². The maximum absolute atomic E-state index is 5.77. The van der Waals surface area contributed by atoms with E-state index in [1.807, 2.05) is 6.07 Å². The summed E-state index contributed by atoms with van der Waals surface area (Å²) in [6.45, 7) is 0.547. The third-order valence-corrected chi connectivity index (χ3v) is 3.87. The molecule has 0 fully saturated rings. The van der Waals surface area contributed by atoms with Crippen molar-refractivity contribution in [2.75, 3.05) is 6.73 Å². The SMILES string of the molecule is c1ccc(C2NCOc3ccc4ccccc4c32)cc1. The van der Waals surface area contributed by atoms with Crippen molar-refractivity contribution in [2.45, 2.75) is 6.04 Å². The Morgan fingerprint density at radius 2 is 1.65 bits per heavy atom. The summed E-state index contributed by atoms with van der Waals surface area (Å²) in [5, 5.41) is 5.97. The summed E-state index contributed by atoms with van der Waals surface area (Å²) < 4.78 is 5.77. The standard InChI is InChI=1S/C18H15NO/c1-2-7-14(8-3-1)18-17-15-9-5-4-6-13(15)10-11-16(17)20-12-19-18/h1-11,18-19H,12H2. The van der Waals surface area contributed by atoms with Gasteiger partial charge in [0, 0.05) is 5.56 Å². The molecule has 1 aliphatic heterocycles. The quantitative estimate of drug-likeness (QED) is 0.718. The van der Waals surface area contributed by atoms with Gasteiger partial charge >= 0.3 is 0 Å². The Balaban J connectivity index is 1.97. The van der Waals surface area contributed by atoms with Crippen LogP contribution in [-0.4, -0.2) is 6.73 Å². The van der Waals surface area contributed by atoms with Crippen LogP contribution < -0.4 is 10.1 Å². The Kier molecular flexibility index (Phi) is 2.68. The summed E-state index contributed by atoms with van der Waals surface area (Å²) >= 11 is 0. The molecular weight excluding hydrogens is 246 g/mol.